The fraction of sp³-hybridized carbons (Fsp3) is 1.00. The van der Waals surface area contributed by atoms with Gasteiger partial charge in [-0.3, -0.25) is 0 Å². The Morgan fingerprint density at radius 3 is 2.31 bits per heavy atom. The van der Waals surface area contributed by atoms with Crippen LogP contribution in [0.3, 0.4) is 0 Å². The lowest BCUT2D eigenvalue weighted by Gasteiger charge is -2.27. The molecule has 0 bridgehead atoms. The summed E-state index contributed by atoms with van der Waals surface area (Å²) < 4.78 is 23.9. The molecule has 1 aliphatic carbocycles. The van der Waals surface area contributed by atoms with Crippen LogP contribution in [0.25, 0.3) is 0 Å². The Labute approximate surface area is 84.4 Å². The molecule has 1 atom stereocenters. The molecular formula is C8H16ClNO2S. The van der Waals surface area contributed by atoms with Gasteiger partial charge in [-0.15, -0.1) is 0 Å². The highest BCUT2D eigenvalue weighted by molar-refractivity contribution is 8.12. The SMILES string of the molecule is C[C@H](NS(=O)(=O)Cl)C1CCCCC1. The molecule has 1 rings (SSSR count). The Morgan fingerprint density at radius 1 is 1.31 bits per heavy atom. The van der Waals surface area contributed by atoms with E-state index in [0.717, 1.165) is 12.8 Å². The Morgan fingerprint density at radius 2 is 1.85 bits per heavy atom. The van der Waals surface area contributed by atoms with Crippen molar-refractivity contribution in [3.05, 3.63) is 0 Å². The number of nitrogens with one attached hydrogen (secondary N) is 1. The molecular weight excluding hydrogens is 210 g/mol. The Balaban J connectivity index is 2.42. The molecule has 1 fully saturated rings. The molecule has 1 N–H and O–H groups in total. The second-order valence-corrected chi connectivity index (χ2v) is 6.07. The average molecular weight is 226 g/mol. The molecule has 0 aliphatic heterocycles. The third kappa shape index (κ3) is 4.29. The molecule has 0 aromatic carbocycles. The van der Waals surface area contributed by atoms with Crippen LogP contribution in [0.1, 0.15) is 39.0 Å². The van der Waals surface area contributed by atoms with Crippen LogP contribution in [-0.2, 0) is 9.24 Å². The summed E-state index contributed by atoms with van der Waals surface area (Å²) in [6.45, 7) is 1.88. The number of rotatable bonds is 3. The molecule has 0 amide bonds. The van der Waals surface area contributed by atoms with Crippen molar-refractivity contribution in [2.45, 2.75) is 45.1 Å². The third-order valence-corrected chi connectivity index (χ3v) is 3.60. The molecule has 13 heavy (non-hydrogen) atoms. The number of hydrogen-bond donors (Lipinski definition) is 1. The van der Waals surface area contributed by atoms with Gasteiger partial charge in [-0.1, -0.05) is 19.3 Å². The molecule has 0 heterocycles. The second-order valence-electron chi connectivity index (χ2n) is 3.74. The highest BCUT2D eigenvalue weighted by atomic mass is 35.7. The van der Waals surface area contributed by atoms with Crippen LogP contribution in [0.2, 0.25) is 0 Å². The van der Waals surface area contributed by atoms with Gasteiger partial charge in [0.2, 0.25) is 0 Å². The summed E-state index contributed by atoms with van der Waals surface area (Å²) in [6, 6.07) is -0.0252. The second kappa shape index (κ2) is 4.62. The van der Waals surface area contributed by atoms with Gasteiger partial charge in [0.1, 0.15) is 0 Å². The third-order valence-electron chi connectivity index (χ3n) is 2.68. The van der Waals surface area contributed by atoms with Crippen LogP contribution in [-0.4, -0.2) is 14.5 Å². The van der Waals surface area contributed by atoms with E-state index in [2.05, 4.69) is 4.72 Å². The predicted molar refractivity (Wildman–Crippen MR) is 53.9 cm³/mol. The summed E-state index contributed by atoms with van der Waals surface area (Å²) in [5.41, 5.74) is 0. The largest absolute Gasteiger partial charge is 0.297 e. The first-order valence-corrected chi connectivity index (χ1v) is 7.02. The molecule has 5 heteroatoms. The molecule has 3 nitrogen and oxygen atoms in total. The van der Waals surface area contributed by atoms with Crippen molar-refractivity contribution in [1.29, 1.82) is 0 Å². The van der Waals surface area contributed by atoms with Gasteiger partial charge >= 0.3 is 0 Å². The highest BCUT2D eigenvalue weighted by Gasteiger charge is 2.22. The van der Waals surface area contributed by atoms with Gasteiger partial charge in [0.05, 0.1) is 0 Å². The lowest BCUT2D eigenvalue weighted by Crippen LogP contribution is -2.36. The maximum absolute atomic E-state index is 10.7. The minimum absolute atomic E-state index is 0.0252. The average Bonchev–Trinajstić information content (AvgIpc) is 2.03. The molecule has 0 saturated heterocycles. The van der Waals surface area contributed by atoms with Crippen molar-refractivity contribution < 1.29 is 8.42 Å². The van der Waals surface area contributed by atoms with E-state index in [-0.39, 0.29) is 6.04 Å². The minimum atomic E-state index is -3.55. The summed E-state index contributed by atoms with van der Waals surface area (Å²) >= 11 is 0. The van der Waals surface area contributed by atoms with Gasteiger partial charge < -0.3 is 0 Å². The fourth-order valence-electron chi connectivity index (χ4n) is 1.95. The number of hydrogen-bond acceptors (Lipinski definition) is 2. The van der Waals surface area contributed by atoms with Gasteiger partial charge in [-0.25, -0.2) is 0 Å². The molecule has 1 saturated carbocycles. The first kappa shape index (κ1) is 11.3. The van der Waals surface area contributed by atoms with Gasteiger partial charge in [-0.05, 0) is 25.7 Å². The van der Waals surface area contributed by atoms with Crippen LogP contribution in [0.4, 0.5) is 0 Å². The van der Waals surface area contributed by atoms with Gasteiger partial charge in [-0.2, -0.15) is 13.1 Å². The smallest absolute Gasteiger partial charge is 0.199 e. The Kier molecular flexibility index (Phi) is 4.01. The van der Waals surface area contributed by atoms with Crippen molar-refractivity contribution in [2.75, 3.05) is 0 Å². The summed E-state index contributed by atoms with van der Waals surface area (Å²) in [5, 5.41) is 0. The van der Waals surface area contributed by atoms with Crippen LogP contribution < -0.4 is 4.72 Å². The van der Waals surface area contributed by atoms with E-state index in [1.165, 1.54) is 19.3 Å². The zero-order chi connectivity index (χ0) is 9.90. The normalized spacial score (nSPS) is 22.9. The topological polar surface area (TPSA) is 46.2 Å². The van der Waals surface area contributed by atoms with Crippen molar-refractivity contribution >= 4 is 19.9 Å². The van der Waals surface area contributed by atoms with Crippen LogP contribution in [0, 0.1) is 5.92 Å². The molecule has 0 aromatic rings. The number of halogens is 1. The highest BCUT2D eigenvalue weighted by Crippen LogP contribution is 2.26. The van der Waals surface area contributed by atoms with Crippen molar-refractivity contribution in [3.63, 3.8) is 0 Å². The standard InChI is InChI=1S/C8H16ClNO2S/c1-7(10-13(9,11)12)8-5-3-2-4-6-8/h7-8,10H,2-6H2,1H3/t7-/m0/s1. The van der Waals surface area contributed by atoms with Crippen molar-refractivity contribution in [3.8, 4) is 0 Å². The summed E-state index contributed by atoms with van der Waals surface area (Å²) in [5.74, 6) is 0.460. The maximum Gasteiger partial charge on any atom is 0.297 e. The summed E-state index contributed by atoms with van der Waals surface area (Å²) in [7, 11) is 1.56. The molecule has 0 aromatic heterocycles. The van der Waals surface area contributed by atoms with E-state index < -0.39 is 9.24 Å². The maximum atomic E-state index is 10.7. The van der Waals surface area contributed by atoms with E-state index in [9.17, 15) is 8.42 Å². The molecule has 0 unspecified atom stereocenters. The zero-order valence-corrected chi connectivity index (χ0v) is 9.37. The van der Waals surface area contributed by atoms with Gasteiger partial charge in [0, 0.05) is 16.7 Å². The van der Waals surface area contributed by atoms with E-state index in [0.29, 0.717) is 5.92 Å². The first-order chi connectivity index (χ1) is 5.99. The minimum Gasteiger partial charge on any atom is -0.199 e. The van der Waals surface area contributed by atoms with Crippen molar-refractivity contribution in [1.82, 2.24) is 4.72 Å². The predicted octanol–water partition coefficient (Wildman–Crippen LogP) is 2.03. The fourth-order valence-corrected chi connectivity index (χ4v) is 3.01. The monoisotopic (exact) mass is 225 g/mol. The van der Waals surface area contributed by atoms with Gasteiger partial charge in [0.15, 0.2) is 0 Å². The van der Waals surface area contributed by atoms with E-state index in [1.54, 1.807) is 0 Å². The van der Waals surface area contributed by atoms with E-state index in [4.69, 9.17) is 10.7 Å². The summed E-state index contributed by atoms with van der Waals surface area (Å²) in [6.07, 6.45) is 5.91. The Bertz CT molecular complexity index is 247. The van der Waals surface area contributed by atoms with E-state index >= 15 is 0 Å². The van der Waals surface area contributed by atoms with E-state index in [1.807, 2.05) is 6.92 Å². The lowest BCUT2D eigenvalue weighted by molar-refractivity contribution is 0.304. The van der Waals surface area contributed by atoms with Crippen molar-refractivity contribution in [2.24, 2.45) is 5.92 Å². The molecule has 1 aliphatic rings. The molecule has 0 radical (unpaired) electrons. The van der Waals surface area contributed by atoms with Gasteiger partial charge in [0.25, 0.3) is 9.24 Å². The zero-order valence-electron chi connectivity index (χ0n) is 7.79. The van der Waals surface area contributed by atoms with Crippen LogP contribution in [0.5, 0.6) is 0 Å². The molecule has 78 valence electrons. The first-order valence-electron chi connectivity index (χ1n) is 4.71. The quantitative estimate of drug-likeness (QED) is 0.748. The lowest BCUT2D eigenvalue weighted by atomic mass is 9.85. The van der Waals surface area contributed by atoms with Crippen LogP contribution in [0.15, 0.2) is 0 Å². The summed E-state index contributed by atoms with van der Waals surface area (Å²) in [4.78, 5) is 0. The molecule has 0 spiro atoms. The van der Waals surface area contributed by atoms with Crippen LogP contribution >= 0.6 is 10.7 Å². The Hall–Kier alpha value is 0.200.